The molecule has 0 aliphatic rings. The number of hydrogen-bond acceptors (Lipinski definition) is 5. The van der Waals surface area contributed by atoms with Gasteiger partial charge < -0.3 is 15.6 Å². The molecule has 0 aliphatic carbocycles. The van der Waals surface area contributed by atoms with Crippen molar-refractivity contribution in [3.8, 4) is 0 Å². The second kappa shape index (κ2) is 5.13. The summed E-state index contributed by atoms with van der Waals surface area (Å²) in [6, 6.07) is 0. The molecule has 0 amide bonds. The lowest BCUT2D eigenvalue weighted by atomic mass is 10.3. The van der Waals surface area contributed by atoms with Crippen LogP contribution in [-0.2, 0) is 16.1 Å². The van der Waals surface area contributed by atoms with Gasteiger partial charge in [-0.1, -0.05) is 0 Å². The summed E-state index contributed by atoms with van der Waals surface area (Å²) in [6.45, 7) is 1.93. The topological polar surface area (TPSA) is 90.4 Å². The molecule has 3 N–H and O–H groups in total. The molecule has 1 unspecified atom stereocenters. The zero-order valence-corrected chi connectivity index (χ0v) is 9.77. The predicted molar refractivity (Wildman–Crippen MR) is 57.0 cm³/mol. The average Bonchev–Trinajstić information content (AvgIpc) is 2.46. The largest absolute Gasteiger partial charge is 0.464 e. The number of nitrogens with two attached hydrogens (primary N) is 1. The number of nitrogen functional groups attached to an aromatic ring is 1. The molecule has 0 radical (unpaired) electrons. The molecule has 6 nitrogen and oxygen atoms in total. The van der Waals surface area contributed by atoms with Crippen molar-refractivity contribution in [3.05, 3.63) is 10.7 Å². The van der Waals surface area contributed by atoms with Crippen LogP contribution in [0.3, 0.4) is 0 Å². The van der Waals surface area contributed by atoms with Crippen molar-refractivity contribution < 1.29 is 14.6 Å². The maximum atomic E-state index is 11.1. The third-order valence-corrected chi connectivity index (χ3v) is 2.27. The van der Waals surface area contributed by atoms with Gasteiger partial charge in [-0.25, -0.2) is 4.79 Å². The van der Waals surface area contributed by atoms with Crippen molar-refractivity contribution in [2.45, 2.75) is 19.6 Å². The summed E-state index contributed by atoms with van der Waals surface area (Å²) in [4.78, 5) is 11.1. The summed E-state index contributed by atoms with van der Waals surface area (Å²) in [5.74, 6) is -0.353. The van der Waals surface area contributed by atoms with Crippen LogP contribution in [0.25, 0.3) is 0 Å². The molecule has 15 heavy (non-hydrogen) atoms. The number of nitrogens with zero attached hydrogens (tertiary/aromatic N) is 2. The van der Waals surface area contributed by atoms with Gasteiger partial charge in [-0.15, -0.1) is 0 Å². The van der Waals surface area contributed by atoms with Gasteiger partial charge in [-0.2, -0.15) is 5.10 Å². The molecule has 1 heterocycles. The van der Waals surface area contributed by atoms with Crippen molar-refractivity contribution in [1.82, 2.24) is 9.78 Å². The Kier molecular flexibility index (Phi) is 4.10. The van der Waals surface area contributed by atoms with Gasteiger partial charge in [0.15, 0.2) is 11.9 Å². The average molecular weight is 278 g/mol. The number of aromatic nitrogens is 2. The van der Waals surface area contributed by atoms with Gasteiger partial charge in [-0.05, 0) is 22.9 Å². The van der Waals surface area contributed by atoms with Crippen molar-refractivity contribution in [2.75, 3.05) is 12.3 Å². The standard InChI is InChI=1S/C8H12BrN3O3/c1-2-15-8(14)6(13)4-12-3-5(9)7(10)11-12/h3,6,13H,2,4H2,1H3,(H2,10,11). The van der Waals surface area contributed by atoms with Gasteiger partial charge in [0.05, 0.1) is 17.6 Å². The highest BCUT2D eigenvalue weighted by Crippen LogP contribution is 2.16. The predicted octanol–water partition coefficient (Wildman–Crippen LogP) is 0.152. The van der Waals surface area contributed by atoms with E-state index >= 15 is 0 Å². The molecular weight excluding hydrogens is 266 g/mol. The van der Waals surface area contributed by atoms with E-state index in [1.807, 2.05) is 0 Å². The smallest absolute Gasteiger partial charge is 0.336 e. The number of ether oxygens (including phenoxy) is 1. The molecule has 1 atom stereocenters. The van der Waals surface area contributed by atoms with Crippen LogP contribution in [-0.4, -0.2) is 33.6 Å². The van der Waals surface area contributed by atoms with Gasteiger partial charge in [0.1, 0.15) is 0 Å². The molecular formula is C8H12BrN3O3. The quantitative estimate of drug-likeness (QED) is 0.765. The minimum atomic E-state index is -1.23. The zero-order chi connectivity index (χ0) is 11.4. The van der Waals surface area contributed by atoms with E-state index in [2.05, 4.69) is 25.8 Å². The molecule has 1 aromatic rings. The minimum absolute atomic E-state index is 0.0225. The van der Waals surface area contributed by atoms with E-state index < -0.39 is 12.1 Å². The van der Waals surface area contributed by atoms with Gasteiger partial charge in [-0.3, -0.25) is 4.68 Å². The Hall–Kier alpha value is -1.08. The van der Waals surface area contributed by atoms with Crippen LogP contribution in [0, 0.1) is 0 Å². The Morgan fingerprint density at radius 1 is 1.87 bits per heavy atom. The molecule has 0 spiro atoms. The fraction of sp³-hybridized carbons (Fsp3) is 0.500. The zero-order valence-electron chi connectivity index (χ0n) is 8.18. The van der Waals surface area contributed by atoms with E-state index in [1.54, 1.807) is 13.1 Å². The SMILES string of the molecule is CCOC(=O)C(O)Cn1cc(Br)c(N)n1. The van der Waals surface area contributed by atoms with Crippen molar-refractivity contribution in [1.29, 1.82) is 0 Å². The van der Waals surface area contributed by atoms with Gasteiger partial charge in [0.25, 0.3) is 0 Å². The minimum Gasteiger partial charge on any atom is -0.464 e. The summed E-state index contributed by atoms with van der Waals surface area (Å²) >= 11 is 3.17. The summed E-state index contributed by atoms with van der Waals surface area (Å²) in [5, 5.41) is 13.3. The summed E-state index contributed by atoms with van der Waals surface area (Å²) < 4.78 is 6.64. The number of carbonyl (C=O) groups excluding carboxylic acids is 1. The summed E-state index contributed by atoms with van der Waals surface area (Å²) in [6.07, 6.45) is 0.355. The first kappa shape index (κ1) is 12.0. The Bertz CT molecular complexity index is 333. The Morgan fingerprint density at radius 2 is 2.53 bits per heavy atom. The lowest BCUT2D eigenvalue weighted by Crippen LogP contribution is -2.28. The number of rotatable bonds is 4. The number of aliphatic hydroxyl groups is 1. The highest BCUT2D eigenvalue weighted by Gasteiger charge is 2.17. The van der Waals surface area contributed by atoms with Crippen LogP contribution in [0.4, 0.5) is 5.82 Å². The summed E-state index contributed by atoms with van der Waals surface area (Å²) in [5.41, 5.74) is 5.47. The highest BCUT2D eigenvalue weighted by atomic mass is 79.9. The Morgan fingerprint density at radius 3 is 3.00 bits per heavy atom. The molecule has 7 heteroatoms. The number of aliphatic hydroxyl groups excluding tert-OH is 1. The summed E-state index contributed by atoms with van der Waals surface area (Å²) in [7, 11) is 0. The molecule has 1 rings (SSSR count). The van der Waals surface area contributed by atoms with Crippen LogP contribution >= 0.6 is 15.9 Å². The molecule has 0 aliphatic heterocycles. The fourth-order valence-corrected chi connectivity index (χ4v) is 1.31. The van der Waals surface area contributed by atoms with Crippen LogP contribution < -0.4 is 5.73 Å². The van der Waals surface area contributed by atoms with Crippen molar-refractivity contribution in [3.63, 3.8) is 0 Å². The second-order valence-electron chi connectivity index (χ2n) is 2.85. The molecule has 0 aromatic carbocycles. The lowest BCUT2D eigenvalue weighted by Gasteiger charge is -2.08. The van der Waals surface area contributed by atoms with Gasteiger partial charge in [0, 0.05) is 6.20 Å². The van der Waals surface area contributed by atoms with Crippen LogP contribution in [0.5, 0.6) is 0 Å². The second-order valence-corrected chi connectivity index (χ2v) is 3.71. The first-order valence-electron chi connectivity index (χ1n) is 4.37. The maximum absolute atomic E-state index is 11.1. The molecule has 0 saturated carbocycles. The third kappa shape index (κ3) is 3.21. The van der Waals surface area contributed by atoms with Crippen molar-refractivity contribution in [2.24, 2.45) is 0 Å². The molecule has 84 valence electrons. The Balaban J connectivity index is 2.58. The monoisotopic (exact) mass is 277 g/mol. The van der Waals surface area contributed by atoms with E-state index in [9.17, 15) is 9.90 Å². The Labute approximate surface area is 95.1 Å². The van der Waals surface area contributed by atoms with Crippen LogP contribution in [0.15, 0.2) is 10.7 Å². The number of hydrogen-bond donors (Lipinski definition) is 2. The van der Waals surface area contributed by atoms with E-state index in [-0.39, 0.29) is 13.2 Å². The number of esters is 1. The van der Waals surface area contributed by atoms with Crippen LogP contribution in [0.1, 0.15) is 6.92 Å². The maximum Gasteiger partial charge on any atom is 0.336 e. The number of halogens is 1. The molecule has 0 fully saturated rings. The van der Waals surface area contributed by atoms with Gasteiger partial charge >= 0.3 is 5.97 Å². The molecule has 1 aromatic heterocycles. The normalized spacial score (nSPS) is 12.5. The highest BCUT2D eigenvalue weighted by molar-refractivity contribution is 9.10. The molecule has 0 bridgehead atoms. The van der Waals surface area contributed by atoms with Crippen molar-refractivity contribution >= 4 is 27.7 Å². The first-order valence-corrected chi connectivity index (χ1v) is 5.17. The van der Waals surface area contributed by atoms with E-state index in [1.165, 1.54) is 4.68 Å². The first-order chi connectivity index (χ1) is 7.04. The van der Waals surface area contributed by atoms with E-state index in [0.717, 1.165) is 0 Å². The van der Waals surface area contributed by atoms with E-state index in [0.29, 0.717) is 10.3 Å². The number of anilines is 1. The van der Waals surface area contributed by atoms with Gasteiger partial charge in [0.2, 0.25) is 0 Å². The lowest BCUT2D eigenvalue weighted by molar-refractivity contribution is -0.153. The van der Waals surface area contributed by atoms with E-state index in [4.69, 9.17) is 5.73 Å². The number of carbonyl (C=O) groups is 1. The third-order valence-electron chi connectivity index (χ3n) is 1.66. The fourth-order valence-electron chi connectivity index (χ4n) is 0.996. The van der Waals surface area contributed by atoms with Crippen LogP contribution in [0.2, 0.25) is 0 Å². The molecule has 0 saturated heterocycles.